The summed E-state index contributed by atoms with van der Waals surface area (Å²) in [4.78, 5) is 42.4. The van der Waals surface area contributed by atoms with Gasteiger partial charge in [-0.3, -0.25) is 13.9 Å². The molecule has 1 amide bonds. The zero-order valence-corrected chi connectivity index (χ0v) is 17.1. The van der Waals surface area contributed by atoms with E-state index in [1.807, 2.05) is 0 Å². The van der Waals surface area contributed by atoms with Gasteiger partial charge in [0.2, 0.25) is 11.1 Å². The number of rotatable bonds is 7. The summed E-state index contributed by atoms with van der Waals surface area (Å²) in [6.07, 6.45) is -4.15. The van der Waals surface area contributed by atoms with Crippen LogP contribution in [0.25, 0.3) is 11.2 Å². The van der Waals surface area contributed by atoms with Crippen LogP contribution in [0.15, 0.2) is 6.33 Å². The van der Waals surface area contributed by atoms with Crippen LogP contribution in [0.4, 0.5) is 5.82 Å². The Bertz CT molecular complexity index is 985. The van der Waals surface area contributed by atoms with Crippen molar-refractivity contribution < 1.29 is 38.8 Å². The van der Waals surface area contributed by atoms with Gasteiger partial charge in [-0.1, -0.05) is 0 Å². The van der Waals surface area contributed by atoms with Crippen molar-refractivity contribution in [3.63, 3.8) is 0 Å². The molecule has 5 atom stereocenters. The molecule has 166 valence electrons. The number of anilines is 1. The maximum absolute atomic E-state index is 11.9. The summed E-state index contributed by atoms with van der Waals surface area (Å²) in [5, 5.41) is 22.8. The molecule has 7 N–H and O–H groups in total. The highest BCUT2D eigenvalue weighted by molar-refractivity contribution is 7.53. The molecule has 1 fully saturated rings. The minimum Gasteiger partial charge on any atom is -0.387 e. The first kappa shape index (κ1) is 22.8. The van der Waals surface area contributed by atoms with E-state index in [1.165, 1.54) is 10.9 Å². The van der Waals surface area contributed by atoms with Crippen molar-refractivity contribution in [1.29, 1.82) is 0 Å². The summed E-state index contributed by atoms with van der Waals surface area (Å²) in [5.41, 5.74) is 6.07. The van der Waals surface area contributed by atoms with Gasteiger partial charge in [0.25, 0.3) is 5.91 Å². The molecule has 0 spiro atoms. The van der Waals surface area contributed by atoms with Crippen LogP contribution in [-0.4, -0.2) is 82.7 Å². The zero-order valence-electron chi connectivity index (χ0n) is 15.5. The topological polar surface area (TPSA) is 215 Å². The highest BCUT2D eigenvalue weighted by Gasteiger charge is 2.46. The zero-order chi connectivity index (χ0) is 22.2. The van der Waals surface area contributed by atoms with Gasteiger partial charge in [-0.05, 0) is 18.5 Å². The van der Waals surface area contributed by atoms with E-state index in [0.29, 0.717) is 0 Å². The fourth-order valence-corrected chi connectivity index (χ4v) is 3.81. The highest BCUT2D eigenvalue weighted by Crippen LogP contribution is 2.42. The Morgan fingerprint density at radius 1 is 1.43 bits per heavy atom. The third-order valence-electron chi connectivity index (χ3n) is 4.33. The van der Waals surface area contributed by atoms with Crippen molar-refractivity contribution in [3.8, 4) is 0 Å². The predicted molar refractivity (Wildman–Crippen MR) is 101 cm³/mol. The minimum absolute atomic E-state index is 0.00286. The van der Waals surface area contributed by atoms with Crippen LogP contribution in [0.3, 0.4) is 0 Å². The molecule has 1 saturated heterocycles. The minimum atomic E-state index is -4.96. The van der Waals surface area contributed by atoms with E-state index in [2.05, 4.69) is 20.3 Å². The SMILES string of the molecule is CCNC(=O)C(OC[C@H]1OC(n2cnc3c(N)nc(Cl)nc32)[C@H](O)[C@@H]1O)P(=O)(O)O. The highest BCUT2D eigenvalue weighted by atomic mass is 35.5. The number of hydrogen-bond donors (Lipinski definition) is 6. The summed E-state index contributed by atoms with van der Waals surface area (Å²) < 4.78 is 23.5. The van der Waals surface area contributed by atoms with Crippen molar-refractivity contribution in [3.05, 3.63) is 11.6 Å². The lowest BCUT2D eigenvalue weighted by Crippen LogP contribution is -2.40. The van der Waals surface area contributed by atoms with Gasteiger partial charge in [0.15, 0.2) is 17.7 Å². The Balaban J connectivity index is 1.79. The first-order valence-electron chi connectivity index (χ1n) is 8.66. The fraction of sp³-hybridized carbons (Fsp3) is 0.571. The normalized spacial score (nSPS) is 25.5. The van der Waals surface area contributed by atoms with Gasteiger partial charge in [0.05, 0.1) is 12.9 Å². The van der Waals surface area contributed by atoms with Gasteiger partial charge in [-0.2, -0.15) is 9.97 Å². The second-order valence-electron chi connectivity index (χ2n) is 6.42. The van der Waals surface area contributed by atoms with Crippen molar-refractivity contribution in [2.45, 2.75) is 37.3 Å². The summed E-state index contributed by atoms with van der Waals surface area (Å²) in [7, 11) is -4.96. The number of aliphatic hydroxyl groups is 2. The number of imidazole rings is 1. The van der Waals surface area contributed by atoms with E-state index in [1.54, 1.807) is 6.92 Å². The van der Waals surface area contributed by atoms with Crippen molar-refractivity contribution in [2.24, 2.45) is 0 Å². The number of amides is 1. The number of carbonyl (C=O) groups is 1. The van der Waals surface area contributed by atoms with Crippen LogP contribution in [-0.2, 0) is 18.8 Å². The van der Waals surface area contributed by atoms with Crippen molar-refractivity contribution >= 4 is 42.1 Å². The molecule has 0 aliphatic carbocycles. The lowest BCUT2D eigenvalue weighted by Gasteiger charge is -2.21. The summed E-state index contributed by atoms with van der Waals surface area (Å²) in [6, 6.07) is 0. The van der Waals surface area contributed by atoms with Gasteiger partial charge in [0.1, 0.15) is 23.8 Å². The van der Waals surface area contributed by atoms with E-state index in [4.69, 9.17) is 26.8 Å². The number of nitrogens with two attached hydrogens (primary N) is 1. The van der Waals surface area contributed by atoms with Crippen LogP contribution >= 0.6 is 19.2 Å². The molecular weight excluding hydrogens is 447 g/mol. The predicted octanol–water partition coefficient (Wildman–Crippen LogP) is -1.66. The summed E-state index contributed by atoms with van der Waals surface area (Å²) in [6.45, 7) is 1.10. The van der Waals surface area contributed by atoms with Crippen LogP contribution in [0.2, 0.25) is 5.28 Å². The molecule has 0 saturated carbocycles. The lowest BCUT2D eigenvalue weighted by atomic mass is 10.1. The number of halogens is 1. The molecule has 3 rings (SSSR count). The third kappa shape index (κ3) is 4.40. The number of likely N-dealkylation sites (N-methyl/N-ethyl adjacent to an activating group) is 1. The quantitative estimate of drug-likeness (QED) is 0.199. The molecule has 0 aromatic carbocycles. The molecule has 3 heterocycles. The van der Waals surface area contributed by atoms with E-state index >= 15 is 0 Å². The molecule has 30 heavy (non-hydrogen) atoms. The van der Waals surface area contributed by atoms with E-state index in [0.717, 1.165) is 0 Å². The molecule has 0 radical (unpaired) electrons. The number of aromatic nitrogens is 4. The van der Waals surface area contributed by atoms with Crippen LogP contribution in [0, 0.1) is 0 Å². The molecule has 0 bridgehead atoms. The number of nitrogens with one attached hydrogen (secondary N) is 1. The third-order valence-corrected chi connectivity index (χ3v) is 5.50. The van der Waals surface area contributed by atoms with Crippen LogP contribution in [0.1, 0.15) is 13.2 Å². The maximum atomic E-state index is 11.9. The van der Waals surface area contributed by atoms with Gasteiger partial charge < -0.3 is 40.5 Å². The molecule has 14 nitrogen and oxygen atoms in total. The van der Waals surface area contributed by atoms with Gasteiger partial charge >= 0.3 is 7.60 Å². The number of hydrogen-bond acceptors (Lipinski definition) is 10. The number of nitrogen functional groups attached to an aromatic ring is 1. The smallest absolute Gasteiger partial charge is 0.363 e. The first-order valence-corrected chi connectivity index (χ1v) is 10.7. The number of ether oxygens (including phenoxy) is 2. The van der Waals surface area contributed by atoms with E-state index in [-0.39, 0.29) is 28.8 Å². The number of nitrogens with zero attached hydrogens (tertiary/aromatic N) is 4. The molecule has 2 unspecified atom stereocenters. The van der Waals surface area contributed by atoms with Crippen molar-refractivity contribution in [2.75, 3.05) is 18.9 Å². The molecule has 2 aromatic heterocycles. The first-order chi connectivity index (χ1) is 14.0. The van der Waals surface area contributed by atoms with E-state index in [9.17, 15) is 29.4 Å². The molecule has 16 heteroatoms. The Morgan fingerprint density at radius 3 is 2.77 bits per heavy atom. The average Bonchev–Trinajstić information content (AvgIpc) is 3.17. The summed E-state index contributed by atoms with van der Waals surface area (Å²) >= 11 is 5.81. The average molecular weight is 467 g/mol. The lowest BCUT2D eigenvalue weighted by molar-refractivity contribution is -0.132. The molecule has 2 aromatic rings. The summed E-state index contributed by atoms with van der Waals surface area (Å²) in [5.74, 6) is -3.11. The Labute approximate surface area is 174 Å². The number of fused-ring (bicyclic) bond motifs is 1. The number of aliphatic hydroxyl groups excluding tert-OH is 2. The molecule has 1 aliphatic rings. The molecular formula is C14H20ClN6O8P. The molecule has 1 aliphatic heterocycles. The van der Waals surface area contributed by atoms with Crippen LogP contribution < -0.4 is 11.1 Å². The number of carbonyl (C=O) groups excluding carboxylic acids is 1. The monoisotopic (exact) mass is 466 g/mol. The van der Waals surface area contributed by atoms with Crippen molar-refractivity contribution in [1.82, 2.24) is 24.8 Å². The van der Waals surface area contributed by atoms with Gasteiger partial charge in [-0.15, -0.1) is 0 Å². The Hall–Kier alpha value is -1.90. The van der Waals surface area contributed by atoms with Gasteiger partial charge in [0, 0.05) is 6.54 Å². The van der Waals surface area contributed by atoms with Gasteiger partial charge in [-0.25, -0.2) is 4.98 Å². The maximum Gasteiger partial charge on any atom is 0.363 e. The Kier molecular flexibility index (Phi) is 6.60. The van der Waals surface area contributed by atoms with Crippen LogP contribution in [0.5, 0.6) is 0 Å². The second kappa shape index (κ2) is 8.69. The van der Waals surface area contributed by atoms with E-state index < -0.39 is 50.5 Å². The fourth-order valence-electron chi connectivity index (χ4n) is 2.97. The standard InChI is InChI=1S/C14H20ClN6O8P/c1-2-17-11(24)13(30(25,26)27)28-3-5-7(22)8(23)12(29-5)21-4-18-6-9(16)19-14(15)20-10(6)21/h4-5,7-8,12-13,22-23H,2-3H2,1H3,(H,17,24)(H2,16,19,20)(H2,25,26,27)/t5-,7-,8-,12?,13?/m1/s1. The largest absolute Gasteiger partial charge is 0.387 e. The second-order valence-corrected chi connectivity index (χ2v) is 8.40. The Morgan fingerprint density at radius 2 is 2.13 bits per heavy atom.